The molecule has 1 heterocycles. The average molecular weight is 385 g/mol. The van der Waals surface area contributed by atoms with E-state index in [1.165, 1.54) is 4.68 Å². The zero-order valence-corrected chi connectivity index (χ0v) is 15.5. The van der Waals surface area contributed by atoms with Crippen molar-refractivity contribution in [3.63, 3.8) is 0 Å². The van der Waals surface area contributed by atoms with Gasteiger partial charge in [0.25, 0.3) is 5.91 Å². The molecule has 7 nitrogen and oxygen atoms in total. The zero-order valence-electron chi connectivity index (χ0n) is 14.0. The molecule has 134 valence electrons. The van der Waals surface area contributed by atoms with Gasteiger partial charge in [0.1, 0.15) is 18.1 Å². The lowest BCUT2D eigenvalue weighted by atomic mass is 10.2. The highest BCUT2D eigenvalue weighted by atomic mass is 35.5. The van der Waals surface area contributed by atoms with Crippen LogP contribution >= 0.6 is 23.2 Å². The lowest BCUT2D eigenvalue weighted by molar-refractivity contribution is -0.137. The fourth-order valence-electron chi connectivity index (χ4n) is 2.28. The summed E-state index contributed by atoms with van der Waals surface area (Å²) in [5.41, 5.74) is 0.433. The van der Waals surface area contributed by atoms with Gasteiger partial charge in [0.05, 0.1) is 10.0 Å². The molecule has 2 rings (SSSR count). The van der Waals surface area contributed by atoms with Crippen LogP contribution in [0.15, 0.2) is 18.2 Å². The molecule has 0 saturated heterocycles. The summed E-state index contributed by atoms with van der Waals surface area (Å²) in [5, 5.41) is 13.9. The summed E-state index contributed by atoms with van der Waals surface area (Å²) in [6.07, 6.45) is 0. The van der Waals surface area contributed by atoms with E-state index in [2.05, 4.69) is 10.1 Å². The van der Waals surface area contributed by atoms with Crippen LogP contribution in [0.2, 0.25) is 10.0 Å². The molecule has 25 heavy (non-hydrogen) atoms. The largest absolute Gasteiger partial charge is 0.480 e. The van der Waals surface area contributed by atoms with Gasteiger partial charge in [-0.05, 0) is 19.1 Å². The van der Waals surface area contributed by atoms with Gasteiger partial charge in [0.15, 0.2) is 0 Å². The first-order valence-electron chi connectivity index (χ1n) is 7.68. The second kappa shape index (κ2) is 7.84. The van der Waals surface area contributed by atoms with Crippen molar-refractivity contribution in [2.45, 2.75) is 26.7 Å². The van der Waals surface area contributed by atoms with Crippen molar-refractivity contribution in [1.82, 2.24) is 19.7 Å². The predicted molar refractivity (Wildman–Crippen MR) is 94.7 cm³/mol. The number of rotatable bonds is 6. The Bertz CT molecular complexity index is 784. The van der Waals surface area contributed by atoms with Gasteiger partial charge in [-0.1, -0.05) is 43.1 Å². The van der Waals surface area contributed by atoms with E-state index in [0.717, 1.165) is 4.90 Å². The molecule has 9 heteroatoms. The number of halogens is 2. The van der Waals surface area contributed by atoms with Gasteiger partial charge in [-0.15, -0.1) is 5.10 Å². The van der Waals surface area contributed by atoms with Gasteiger partial charge in [-0.25, -0.2) is 9.67 Å². The molecular weight excluding hydrogens is 367 g/mol. The Morgan fingerprint density at radius 2 is 1.88 bits per heavy atom. The number of hydrogen-bond acceptors (Lipinski definition) is 4. The van der Waals surface area contributed by atoms with Crippen LogP contribution in [0.4, 0.5) is 0 Å². The highest BCUT2D eigenvalue weighted by molar-refractivity contribution is 6.37. The number of amides is 1. The lowest BCUT2D eigenvalue weighted by Gasteiger charge is -2.16. The average Bonchev–Trinajstić information content (AvgIpc) is 2.96. The van der Waals surface area contributed by atoms with E-state index in [1.54, 1.807) is 25.1 Å². The smallest absolute Gasteiger partial charge is 0.323 e. The molecular formula is C16H18Cl2N4O3. The van der Waals surface area contributed by atoms with Crippen molar-refractivity contribution in [3.8, 4) is 5.69 Å². The summed E-state index contributed by atoms with van der Waals surface area (Å²) in [7, 11) is 0. The number of benzene rings is 1. The number of aliphatic carboxylic acids is 1. The predicted octanol–water partition coefficient (Wildman–Crippen LogP) is 3.24. The summed E-state index contributed by atoms with van der Waals surface area (Å²) in [4.78, 5) is 28.9. The van der Waals surface area contributed by atoms with Crippen molar-refractivity contribution >= 4 is 35.1 Å². The van der Waals surface area contributed by atoms with Crippen LogP contribution in [0.1, 0.15) is 43.1 Å². The monoisotopic (exact) mass is 384 g/mol. The molecule has 1 amide bonds. The van der Waals surface area contributed by atoms with Gasteiger partial charge >= 0.3 is 5.97 Å². The van der Waals surface area contributed by atoms with Crippen molar-refractivity contribution in [1.29, 1.82) is 0 Å². The second-order valence-electron chi connectivity index (χ2n) is 5.64. The summed E-state index contributed by atoms with van der Waals surface area (Å²) < 4.78 is 1.44. The third-order valence-electron chi connectivity index (χ3n) is 3.48. The molecule has 1 aromatic heterocycles. The SMILES string of the molecule is CCN(CC(=O)O)C(=O)c1nc(C(C)C)n(-c2c(Cl)cccc2Cl)n1. The van der Waals surface area contributed by atoms with Crippen molar-refractivity contribution in [2.24, 2.45) is 0 Å². The summed E-state index contributed by atoms with van der Waals surface area (Å²) >= 11 is 12.5. The van der Waals surface area contributed by atoms with Crippen LogP contribution < -0.4 is 0 Å². The Morgan fingerprint density at radius 1 is 1.28 bits per heavy atom. The Hall–Kier alpha value is -2.12. The number of carbonyl (C=O) groups is 2. The Morgan fingerprint density at radius 3 is 2.36 bits per heavy atom. The van der Waals surface area contributed by atoms with Crippen LogP contribution in [0.3, 0.4) is 0 Å². The van der Waals surface area contributed by atoms with E-state index < -0.39 is 18.4 Å². The fourth-order valence-corrected chi connectivity index (χ4v) is 2.83. The third-order valence-corrected chi connectivity index (χ3v) is 4.09. The normalized spacial score (nSPS) is 11.0. The summed E-state index contributed by atoms with van der Waals surface area (Å²) in [6.45, 7) is 5.28. The Kier molecular flexibility index (Phi) is 6.02. The van der Waals surface area contributed by atoms with E-state index in [9.17, 15) is 9.59 Å². The molecule has 1 aromatic carbocycles. The van der Waals surface area contributed by atoms with Crippen LogP contribution in [0.25, 0.3) is 5.69 Å². The van der Waals surface area contributed by atoms with E-state index in [1.807, 2.05) is 13.8 Å². The topological polar surface area (TPSA) is 88.3 Å². The van der Waals surface area contributed by atoms with Gasteiger partial charge in [0.2, 0.25) is 5.82 Å². The van der Waals surface area contributed by atoms with Gasteiger partial charge in [0, 0.05) is 12.5 Å². The van der Waals surface area contributed by atoms with Crippen molar-refractivity contribution in [3.05, 3.63) is 39.9 Å². The third kappa shape index (κ3) is 4.11. The number of aromatic nitrogens is 3. The molecule has 0 atom stereocenters. The number of likely N-dealkylation sites (N-methyl/N-ethyl adjacent to an activating group) is 1. The van der Waals surface area contributed by atoms with Gasteiger partial charge < -0.3 is 10.0 Å². The number of carboxylic acid groups (broad SMARTS) is 1. The molecule has 2 aromatic rings. The van der Waals surface area contributed by atoms with Crippen molar-refractivity contribution in [2.75, 3.05) is 13.1 Å². The minimum atomic E-state index is -1.10. The van der Waals surface area contributed by atoms with E-state index in [-0.39, 0.29) is 18.3 Å². The number of carboxylic acids is 1. The molecule has 1 N–H and O–H groups in total. The molecule has 0 unspecified atom stereocenters. The number of hydrogen-bond donors (Lipinski definition) is 1. The minimum absolute atomic E-state index is 0.0593. The van der Waals surface area contributed by atoms with Crippen molar-refractivity contribution < 1.29 is 14.7 Å². The van der Waals surface area contributed by atoms with Crippen LogP contribution in [0, 0.1) is 0 Å². The molecule has 0 fully saturated rings. The van der Waals surface area contributed by atoms with E-state index in [4.69, 9.17) is 28.3 Å². The molecule has 0 spiro atoms. The van der Waals surface area contributed by atoms with Crippen LogP contribution in [-0.2, 0) is 4.79 Å². The number of nitrogens with zero attached hydrogens (tertiary/aromatic N) is 4. The maximum absolute atomic E-state index is 12.6. The molecule has 0 aliphatic heterocycles. The maximum atomic E-state index is 12.6. The second-order valence-corrected chi connectivity index (χ2v) is 6.46. The first kappa shape index (κ1) is 19.2. The van der Waals surface area contributed by atoms with Gasteiger partial charge in [-0.2, -0.15) is 0 Å². The number of carbonyl (C=O) groups excluding carboxylic acids is 1. The Labute approximate surface area is 155 Å². The first-order chi connectivity index (χ1) is 11.8. The quantitative estimate of drug-likeness (QED) is 0.825. The van der Waals surface area contributed by atoms with E-state index in [0.29, 0.717) is 21.6 Å². The highest BCUT2D eigenvalue weighted by Crippen LogP contribution is 2.30. The van der Waals surface area contributed by atoms with Crippen LogP contribution in [-0.4, -0.2) is 49.7 Å². The standard InChI is InChI=1S/C16H18Cl2N4O3/c1-4-21(8-12(23)24)16(25)14-19-15(9(2)3)22(20-14)13-10(17)6-5-7-11(13)18/h5-7,9H,4,8H2,1-3H3,(H,23,24). The zero-order chi connectivity index (χ0) is 18.7. The molecule has 0 aliphatic rings. The van der Waals surface area contributed by atoms with Gasteiger partial charge in [-0.3, -0.25) is 9.59 Å². The fraction of sp³-hybridized carbons (Fsp3) is 0.375. The van der Waals surface area contributed by atoms with E-state index >= 15 is 0 Å². The molecule has 0 aliphatic carbocycles. The lowest BCUT2D eigenvalue weighted by Crippen LogP contribution is -2.36. The maximum Gasteiger partial charge on any atom is 0.323 e. The number of para-hydroxylation sites is 1. The molecule has 0 radical (unpaired) electrons. The summed E-state index contributed by atoms with van der Waals surface area (Å²) in [5.74, 6) is -1.31. The molecule has 0 bridgehead atoms. The Balaban J connectivity index is 2.54. The first-order valence-corrected chi connectivity index (χ1v) is 8.44. The highest BCUT2D eigenvalue weighted by Gasteiger charge is 2.25. The molecule has 0 saturated carbocycles. The summed E-state index contributed by atoms with van der Waals surface area (Å²) in [6, 6.07) is 5.04. The minimum Gasteiger partial charge on any atom is -0.480 e. The van der Waals surface area contributed by atoms with Crippen LogP contribution in [0.5, 0.6) is 0 Å².